The highest BCUT2D eigenvalue weighted by molar-refractivity contribution is 5.25. The Morgan fingerprint density at radius 3 is 2.23 bits per heavy atom. The smallest absolute Gasteiger partial charge is 0.309 e. The van der Waals surface area contributed by atoms with E-state index in [-0.39, 0.29) is 11.4 Å². The van der Waals surface area contributed by atoms with Crippen molar-refractivity contribution in [2.45, 2.75) is 20.0 Å². The first kappa shape index (κ1) is 9.76. The van der Waals surface area contributed by atoms with E-state index >= 15 is 0 Å². The molecule has 0 saturated heterocycles. The molecule has 1 N–H and O–H groups in total. The Bertz CT molecular complexity index is 354. The Morgan fingerprint density at radius 2 is 1.85 bits per heavy atom. The normalized spacial score (nSPS) is 11.8. The summed E-state index contributed by atoms with van der Waals surface area (Å²) in [6, 6.07) is 0. The van der Waals surface area contributed by atoms with Crippen LogP contribution in [0.1, 0.15) is 17.0 Å². The van der Waals surface area contributed by atoms with Crippen LogP contribution in [0.3, 0.4) is 0 Å². The predicted molar refractivity (Wildman–Crippen MR) is 39.3 cm³/mol. The Hall–Kier alpha value is -1.33. The van der Waals surface area contributed by atoms with Crippen LogP contribution in [0, 0.1) is 13.8 Å². The van der Waals surface area contributed by atoms with Crippen LogP contribution in [-0.4, -0.2) is 9.97 Å². The summed E-state index contributed by atoms with van der Waals surface area (Å²) in [6.07, 6.45) is -4.47. The maximum absolute atomic E-state index is 12.3. The van der Waals surface area contributed by atoms with E-state index in [1.165, 1.54) is 6.92 Å². The molecule has 0 amide bonds. The molecule has 0 aliphatic heterocycles. The number of alkyl halides is 3. The molecule has 3 nitrogen and oxygen atoms in total. The van der Waals surface area contributed by atoms with Crippen molar-refractivity contribution in [2.24, 2.45) is 0 Å². The fraction of sp³-hybridized carbons (Fsp3) is 0.429. The maximum atomic E-state index is 12.3. The van der Waals surface area contributed by atoms with E-state index in [2.05, 4.69) is 4.98 Å². The lowest BCUT2D eigenvalue weighted by Gasteiger charge is -2.10. The third-order valence-corrected chi connectivity index (χ3v) is 1.58. The SMILES string of the molecule is Cc1nc(=O)[nH]c(C)c1C(F)(F)F. The summed E-state index contributed by atoms with van der Waals surface area (Å²) in [5.41, 5.74) is -2.13. The van der Waals surface area contributed by atoms with Crippen molar-refractivity contribution in [1.29, 1.82) is 0 Å². The van der Waals surface area contributed by atoms with E-state index in [1.54, 1.807) is 0 Å². The van der Waals surface area contributed by atoms with E-state index in [1.807, 2.05) is 4.98 Å². The van der Waals surface area contributed by atoms with Gasteiger partial charge in [0, 0.05) is 5.69 Å². The number of aromatic amines is 1. The van der Waals surface area contributed by atoms with Crippen LogP contribution in [0.4, 0.5) is 13.2 Å². The Morgan fingerprint density at radius 1 is 1.31 bits per heavy atom. The molecule has 1 rings (SSSR count). The van der Waals surface area contributed by atoms with Gasteiger partial charge in [0.05, 0.1) is 11.3 Å². The highest BCUT2D eigenvalue weighted by atomic mass is 19.4. The fourth-order valence-corrected chi connectivity index (χ4v) is 1.15. The number of hydrogen-bond donors (Lipinski definition) is 1. The summed E-state index contributed by atoms with van der Waals surface area (Å²) in [5, 5.41) is 0. The molecule has 0 radical (unpaired) electrons. The second-order valence-electron chi connectivity index (χ2n) is 2.63. The lowest BCUT2D eigenvalue weighted by molar-refractivity contribution is -0.139. The fourth-order valence-electron chi connectivity index (χ4n) is 1.15. The number of H-pyrrole nitrogens is 1. The van der Waals surface area contributed by atoms with Gasteiger partial charge in [-0.2, -0.15) is 18.2 Å². The molecule has 0 spiro atoms. The van der Waals surface area contributed by atoms with Gasteiger partial charge in [-0.15, -0.1) is 0 Å². The molecule has 13 heavy (non-hydrogen) atoms. The highest BCUT2D eigenvalue weighted by Gasteiger charge is 2.35. The molecule has 1 aromatic heterocycles. The van der Waals surface area contributed by atoms with Crippen LogP contribution in [-0.2, 0) is 6.18 Å². The van der Waals surface area contributed by atoms with Crippen LogP contribution >= 0.6 is 0 Å². The molecular formula is C7H7F3N2O. The summed E-state index contributed by atoms with van der Waals surface area (Å²) < 4.78 is 36.8. The number of halogens is 3. The molecule has 0 atom stereocenters. The van der Waals surface area contributed by atoms with Crippen LogP contribution in [0.25, 0.3) is 0 Å². The number of rotatable bonds is 0. The lowest BCUT2D eigenvalue weighted by Crippen LogP contribution is -2.21. The molecule has 1 aromatic rings. The highest BCUT2D eigenvalue weighted by Crippen LogP contribution is 2.31. The number of nitrogens with one attached hydrogen (secondary N) is 1. The van der Waals surface area contributed by atoms with Gasteiger partial charge in [-0.25, -0.2) is 4.79 Å². The molecule has 0 bridgehead atoms. The molecule has 0 fully saturated rings. The first-order valence-electron chi connectivity index (χ1n) is 3.47. The Labute approximate surface area is 71.6 Å². The first-order chi connectivity index (χ1) is 5.82. The molecule has 0 unspecified atom stereocenters. The van der Waals surface area contributed by atoms with Crippen molar-refractivity contribution < 1.29 is 13.2 Å². The third-order valence-electron chi connectivity index (χ3n) is 1.58. The zero-order chi connectivity index (χ0) is 10.2. The van der Waals surface area contributed by atoms with Crippen LogP contribution in [0.2, 0.25) is 0 Å². The quantitative estimate of drug-likeness (QED) is 0.675. The summed E-state index contributed by atoms with van der Waals surface area (Å²) in [7, 11) is 0. The van der Waals surface area contributed by atoms with Crippen molar-refractivity contribution in [3.05, 3.63) is 27.4 Å². The van der Waals surface area contributed by atoms with Crippen molar-refractivity contribution in [3.63, 3.8) is 0 Å². The monoisotopic (exact) mass is 192 g/mol. The van der Waals surface area contributed by atoms with Crippen molar-refractivity contribution in [1.82, 2.24) is 9.97 Å². The minimum Gasteiger partial charge on any atom is -0.309 e. The van der Waals surface area contributed by atoms with E-state index in [4.69, 9.17) is 0 Å². The molecule has 0 aliphatic rings. The minimum absolute atomic E-state index is 0.204. The molecular weight excluding hydrogens is 185 g/mol. The number of aryl methyl sites for hydroxylation is 2. The Kier molecular flexibility index (Phi) is 2.15. The average molecular weight is 192 g/mol. The van der Waals surface area contributed by atoms with Gasteiger partial charge in [-0.05, 0) is 13.8 Å². The van der Waals surface area contributed by atoms with Crippen LogP contribution < -0.4 is 5.69 Å². The van der Waals surface area contributed by atoms with E-state index in [9.17, 15) is 18.0 Å². The van der Waals surface area contributed by atoms with Gasteiger partial charge >= 0.3 is 11.9 Å². The molecule has 0 aromatic carbocycles. The molecule has 72 valence electrons. The Balaban J connectivity index is 3.47. The minimum atomic E-state index is -4.47. The lowest BCUT2D eigenvalue weighted by atomic mass is 10.2. The van der Waals surface area contributed by atoms with E-state index in [0.29, 0.717) is 0 Å². The number of hydrogen-bond acceptors (Lipinski definition) is 2. The topological polar surface area (TPSA) is 45.8 Å². The number of nitrogens with zero attached hydrogens (tertiary/aromatic N) is 1. The maximum Gasteiger partial charge on any atom is 0.419 e. The zero-order valence-electron chi connectivity index (χ0n) is 6.99. The summed E-state index contributed by atoms with van der Waals surface area (Å²) in [5.74, 6) is 0. The molecule has 6 heteroatoms. The largest absolute Gasteiger partial charge is 0.419 e. The first-order valence-corrected chi connectivity index (χ1v) is 3.47. The van der Waals surface area contributed by atoms with Crippen molar-refractivity contribution in [3.8, 4) is 0 Å². The van der Waals surface area contributed by atoms with Gasteiger partial charge in [0.2, 0.25) is 0 Å². The van der Waals surface area contributed by atoms with E-state index in [0.717, 1.165) is 6.92 Å². The van der Waals surface area contributed by atoms with E-state index < -0.39 is 17.4 Å². The van der Waals surface area contributed by atoms with Crippen molar-refractivity contribution >= 4 is 0 Å². The van der Waals surface area contributed by atoms with Gasteiger partial charge in [0.15, 0.2) is 0 Å². The molecule has 1 heterocycles. The molecule has 0 aliphatic carbocycles. The van der Waals surface area contributed by atoms with Crippen LogP contribution in [0.15, 0.2) is 4.79 Å². The van der Waals surface area contributed by atoms with Gasteiger partial charge in [-0.1, -0.05) is 0 Å². The zero-order valence-corrected chi connectivity index (χ0v) is 6.99. The second kappa shape index (κ2) is 2.86. The van der Waals surface area contributed by atoms with Crippen LogP contribution in [0.5, 0.6) is 0 Å². The van der Waals surface area contributed by atoms with Crippen molar-refractivity contribution in [2.75, 3.05) is 0 Å². The summed E-state index contributed by atoms with van der Waals surface area (Å²) in [6.45, 7) is 2.35. The number of aromatic nitrogens is 2. The van der Waals surface area contributed by atoms with Gasteiger partial charge < -0.3 is 4.98 Å². The van der Waals surface area contributed by atoms with Gasteiger partial charge in [0.1, 0.15) is 0 Å². The van der Waals surface area contributed by atoms with Gasteiger partial charge in [-0.3, -0.25) is 0 Å². The summed E-state index contributed by atoms with van der Waals surface area (Å²) in [4.78, 5) is 15.8. The standard InChI is InChI=1S/C7H7F3N2O/c1-3-5(7(8,9)10)4(2)12-6(13)11-3/h1-2H3,(H,11,12,13). The predicted octanol–water partition coefficient (Wildman–Crippen LogP) is 1.41. The second-order valence-corrected chi connectivity index (χ2v) is 2.63. The summed E-state index contributed by atoms with van der Waals surface area (Å²) >= 11 is 0. The third kappa shape index (κ3) is 1.88. The molecule has 0 saturated carbocycles. The van der Waals surface area contributed by atoms with Gasteiger partial charge in [0.25, 0.3) is 0 Å². The average Bonchev–Trinajstić information content (AvgIpc) is 1.78.